The second kappa shape index (κ2) is 5.30. The minimum Gasteiger partial charge on any atom is -0.348 e. The fourth-order valence-electron chi connectivity index (χ4n) is 2.38. The number of piperidine rings is 1. The Kier molecular flexibility index (Phi) is 3.52. The molecule has 0 spiro atoms. The Morgan fingerprint density at radius 3 is 2.95 bits per heavy atom. The molecule has 19 heavy (non-hydrogen) atoms. The van der Waals surface area contributed by atoms with Crippen LogP contribution in [-0.4, -0.2) is 35.2 Å². The summed E-state index contributed by atoms with van der Waals surface area (Å²) in [5.41, 5.74) is 1.34. The molecule has 0 bridgehead atoms. The summed E-state index contributed by atoms with van der Waals surface area (Å²) < 4.78 is 0.942. The summed E-state index contributed by atoms with van der Waals surface area (Å²) in [5, 5.41) is 14.2. The standard InChI is InChI=1S/C13H15BrN4O/c14-8-1-2-11-10(7-8)12(18-17-11)13(19)16-9-3-5-15-6-4-9/h1-2,7,9,15H,3-6H2,(H,16,19)(H,17,18). The number of halogens is 1. The van der Waals surface area contributed by atoms with Gasteiger partial charge < -0.3 is 10.6 Å². The summed E-state index contributed by atoms with van der Waals surface area (Å²) in [7, 11) is 0. The molecule has 1 aliphatic rings. The van der Waals surface area contributed by atoms with E-state index in [-0.39, 0.29) is 11.9 Å². The molecule has 1 fully saturated rings. The van der Waals surface area contributed by atoms with Gasteiger partial charge in [0.15, 0.2) is 5.69 Å². The molecule has 0 atom stereocenters. The van der Waals surface area contributed by atoms with Crippen LogP contribution in [0.15, 0.2) is 22.7 Å². The largest absolute Gasteiger partial charge is 0.348 e. The third kappa shape index (κ3) is 2.64. The maximum absolute atomic E-state index is 12.3. The Morgan fingerprint density at radius 1 is 1.37 bits per heavy atom. The maximum Gasteiger partial charge on any atom is 0.272 e. The van der Waals surface area contributed by atoms with E-state index >= 15 is 0 Å². The highest BCUT2D eigenvalue weighted by molar-refractivity contribution is 9.10. The zero-order valence-electron chi connectivity index (χ0n) is 10.4. The zero-order valence-corrected chi connectivity index (χ0v) is 12.0. The van der Waals surface area contributed by atoms with Gasteiger partial charge in [0.25, 0.3) is 5.91 Å². The number of H-pyrrole nitrogens is 1. The van der Waals surface area contributed by atoms with Crippen molar-refractivity contribution in [2.75, 3.05) is 13.1 Å². The fourth-order valence-corrected chi connectivity index (χ4v) is 2.74. The van der Waals surface area contributed by atoms with E-state index in [9.17, 15) is 4.79 Å². The molecule has 5 nitrogen and oxygen atoms in total. The lowest BCUT2D eigenvalue weighted by atomic mass is 10.1. The van der Waals surface area contributed by atoms with E-state index in [0.717, 1.165) is 41.3 Å². The number of amides is 1. The number of carbonyl (C=O) groups is 1. The molecule has 1 aliphatic heterocycles. The normalized spacial score (nSPS) is 16.7. The van der Waals surface area contributed by atoms with Crippen LogP contribution in [0.1, 0.15) is 23.3 Å². The van der Waals surface area contributed by atoms with Crippen molar-refractivity contribution in [2.24, 2.45) is 0 Å². The summed E-state index contributed by atoms with van der Waals surface area (Å²) in [6, 6.07) is 5.99. The third-order valence-corrected chi connectivity index (χ3v) is 3.91. The van der Waals surface area contributed by atoms with Crippen molar-refractivity contribution in [3.8, 4) is 0 Å². The van der Waals surface area contributed by atoms with Crippen molar-refractivity contribution in [2.45, 2.75) is 18.9 Å². The van der Waals surface area contributed by atoms with E-state index in [1.165, 1.54) is 0 Å². The predicted molar refractivity (Wildman–Crippen MR) is 77.2 cm³/mol. The summed E-state index contributed by atoms with van der Waals surface area (Å²) in [6.45, 7) is 1.91. The van der Waals surface area contributed by atoms with E-state index in [1.54, 1.807) is 0 Å². The number of benzene rings is 1. The van der Waals surface area contributed by atoms with Crippen molar-refractivity contribution in [3.05, 3.63) is 28.4 Å². The first-order chi connectivity index (χ1) is 9.24. The van der Waals surface area contributed by atoms with Crippen molar-refractivity contribution in [3.63, 3.8) is 0 Å². The molecular weight excluding hydrogens is 308 g/mol. The lowest BCUT2D eigenvalue weighted by molar-refractivity contribution is 0.0926. The van der Waals surface area contributed by atoms with E-state index in [1.807, 2.05) is 18.2 Å². The molecule has 1 amide bonds. The van der Waals surface area contributed by atoms with Gasteiger partial charge in [-0.1, -0.05) is 15.9 Å². The zero-order chi connectivity index (χ0) is 13.2. The summed E-state index contributed by atoms with van der Waals surface area (Å²) in [6.07, 6.45) is 1.94. The van der Waals surface area contributed by atoms with Crippen LogP contribution in [0.4, 0.5) is 0 Å². The third-order valence-electron chi connectivity index (χ3n) is 3.41. The van der Waals surface area contributed by atoms with Crippen LogP contribution in [0.3, 0.4) is 0 Å². The van der Waals surface area contributed by atoms with Crippen LogP contribution in [0, 0.1) is 0 Å². The Bertz CT molecular complexity index is 604. The number of nitrogens with one attached hydrogen (secondary N) is 3. The molecule has 0 radical (unpaired) electrons. The van der Waals surface area contributed by atoms with Crippen molar-refractivity contribution in [1.29, 1.82) is 0 Å². The van der Waals surface area contributed by atoms with Gasteiger partial charge in [0.1, 0.15) is 0 Å². The van der Waals surface area contributed by atoms with Crippen LogP contribution in [0.2, 0.25) is 0 Å². The molecule has 0 saturated carbocycles. The highest BCUT2D eigenvalue weighted by Crippen LogP contribution is 2.21. The molecule has 6 heteroatoms. The topological polar surface area (TPSA) is 69.8 Å². The summed E-state index contributed by atoms with van der Waals surface area (Å²) in [4.78, 5) is 12.3. The van der Waals surface area contributed by atoms with Crippen LogP contribution < -0.4 is 10.6 Å². The molecule has 1 aromatic heterocycles. The van der Waals surface area contributed by atoms with E-state index < -0.39 is 0 Å². The number of hydrogen-bond donors (Lipinski definition) is 3. The highest BCUT2D eigenvalue weighted by Gasteiger charge is 2.19. The molecule has 100 valence electrons. The average molecular weight is 323 g/mol. The Hall–Kier alpha value is -1.40. The number of rotatable bonds is 2. The van der Waals surface area contributed by atoms with E-state index in [2.05, 4.69) is 36.8 Å². The molecule has 2 aromatic rings. The van der Waals surface area contributed by atoms with Gasteiger partial charge in [-0.25, -0.2) is 0 Å². The first-order valence-corrected chi connectivity index (χ1v) is 7.18. The predicted octanol–water partition coefficient (Wildman–Crippen LogP) is 1.81. The monoisotopic (exact) mass is 322 g/mol. The quantitative estimate of drug-likeness (QED) is 0.789. The minimum atomic E-state index is -0.101. The number of aromatic nitrogens is 2. The molecule has 0 aliphatic carbocycles. The van der Waals surface area contributed by atoms with Gasteiger partial charge in [-0.2, -0.15) is 5.10 Å². The van der Waals surface area contributed by atoms with Crippen LogP contribution >= 0.6 is 15.9 Å². The van der Waals surface area contributed by atoms with E-state index in [0.29, 0.717) is 5.69 Å². The number of carbonyl (C=O) groups excluding carboxylic acids is 1. The van der Waals surface area contributed by atoms with E-state index in [4.69, 9.17) is 0 Å². The Balaban J connectivity index is 1.82. The number of nitrogens with zero attached hydrogens (tertiary/aromatic N) is 1. The highest BCUT2D eigenvalue weighted by atomic mass is 79.9. The number of fused-ring (bicyclic) bond motifs is 1. The molecular formula is C13H15BrN4O. The second-order valence-corrected chi connectivity index (χ2v) is 5.68. The molecule has 3 N–H and O–H groups in total. The lowest BCUT2D eigenvalue weighted by Gasteiger charge is -2.23. The van der Waals surface area contributed by atoms with Gasteiger partial charge in [0.05, 0.1) is 5.52 Å². The first kappa shape index (κ1) is 12.6. The molecule has 1 saturated heterocycles. The second-order valence-electron chi connectivity index (χ2n) is 4.76. The summed E-state index contributed by atoms with van der Waals surface area (Å²) in [5.74, 6) is -0.101. The van der Waals surface area contributed by atoms with Gasteiger partial charge in [0.2, 0.25) is 0 Å². The Morgan fingerprint density at radius 2 is 2.16 bits per heavy atom. The van der Waals surface area contributed by atoms with Gasteiger partial charge in [0, 0.05) is 15.9 Å². The molecule has 2 heterocycles. The van der Waals surface area contributed by atoms with Crippen LogP contribution in [0.5, 0.6) is 0 Å². The van der Waals surface area contributed by atoms with Crippen LogP contribution in [-0.2, 0) is 0 Å². The first-order valence-electron chi connectivity index (χ1n) is 6.39. The van der Waals surface area contributed by atoms with Crippen molar-refractivity contribution >= 4 is 32.7 Å². The van der Waals surface area contributed by atoms with Gasteiger partial charge >= 0.3 is 0 Å². The maximum atomic E-state index is 12.3. The molecule has 0 unspecified atom stereocenters. The van der Waals surface area contributed by atoms with Crippen molar-refractivity contribution in [1.82, 2.24) is 20.8 Å². The molecule has 3 rings (SSSR count). The SMILES string of the molecule is O=C(NC1CCNCC1)c1n[nH]c2ccc(Br)cc12. The minimum absolute atomic E-state index is 0.101. The van der Waals surface area contributed by atoms with Gasteiger partial charge in [-0.15, -0.1) is 0 Å². The smallest absolute Gasteiger partial charge is 0.272 e. The number of aromatic amines is 1. The molecule has 1 aromatic carbocycles. The number of hydrogen-bond acceptors (Lipinski definition) is 3. The fraction of sp³-hybridized carbons (Fsp3) is 0.385. The average Bonchev–Trinajstić information content (AvgIpc) is 2.82. The summed E-state index contributed by atoms with van der Waals surface area (Å²) >= 11 is 3.42. The lowest BCUT2D eigenvalue weighted by Crippen LogP contribution is -2.42. The van der Waals surface area contributed by atoms with Crippen molar-refractivity contribution < 1.29 is 4.79 Å². The van der Waals surface area contributed by atoms with Gasteiger partial charge in [-0.3, -0.25) is 9.89 Å². The van der Waals surface area contributed by atoms with Gasteiger partial charge in [-0.05, 0) is 44.1 Å². The van der Waals surface area contributed by atoms with Crippen LogP contribution in [0.25, 0.3) is 10.9 Å². The Labute approximate surface area is 119 Å².